The number of allylic oxidation sites excluding steroid dienone is 10. The van der Waals surface area contributed by atoms with Crippen LogP contribution in [0.5, 0.6) is 0 Å². The van der Waals surface area contributed by atoms with Crippen LogP contribution in [0.25, 0.3) is 0 Å². The van der Waals surface area contributed by atoms with Gasteiger partial charge >= 0.3 is 39.5 Å². The van der Waals surface area contributed by atoms with E-state index in [0.717, 1.165) is 161 Å². The molecule has 0 fully saturated rings. The number of phosphoric acid groups is 2. The molecule has 19 heteroatoms. The molecule has 0 radical (unpaired) electrons. The van der Waals surface area contributed by atoms with Gasteiger partial charge in [0.25, 0.3) is 0 Å². The van der Waals surface area contributed by atoms with Crippen LogP contribution < -0.4 is 0 Å². The minimum absolute atomic E-state index is 0.0867. The van der Waals surface area contributed by atoms with Crippen molar-refractivity contribution in [3.8, 4) is 0 Å². The lowest BCUT2D eigenvalue weighted by molar-refractivity contribution is -0.161. The molecule has 0 aliphatic carbocycles. The Labute approximate surface area is 584 Å². The second-order valence-electron chi connectivity index (χ2n) is 25.9. The van der Waals surface area contributed by atoms with Gasteiger partial charge in [-0.2, -0.15) is 0 Å². The summed E-state index contributed by atoms with van der Waals surface area (Å²) >= 11 is 0. The number of hydrogen-bond donors (Lipinski definition) is 3. The second-order valence-corrected chi connectivity index (χ2v) is 28.9. The maximum atomic E-state index is 13.1. The molecule has 0 saturated carbocycles. The van der Waals surface area contributed by atoms with E-state index in [1.54, 1.807) is 0 Å². The molecule has 0 saturated heterocycles. The molecule has 0 bridgehead atoms. The predicted octanol–water partition coefficient (Wildman–Crippen LogP) is 21.9. The number of unbranched alkanes of at least 4 members (excludes halogenated alkanes) is 37. The highest BCUT2D eigenvalue weighted by atomic mass is 31.2. The number of aliphatic hydroxyl groups excluding tert-OH is 1. The van der Waals surface area contributed by atoms with Crippen molar-refractivity contribution in [3.63, 3.8) is 0 Å². The van der Waals surface area contributed by atoms with Crippen molar-refractivity contribution in [2.45, 2.75) is 367 Å². The van der Waals surface area contributed by atoms with Gasteiger partial charge in [0.05, 0.1) is 26.4 Å². The summed E-state index contributed by atoms with van der Waals surface area (Å²) in [5.41, 5.74) is 0. The molecule has 17 nitrogen and oxygen atoms in total. The van der Waals surface area contributed by atoms with Gasteiger partial charge in [-0.25, -0.2) is 9.13 Å². The molecule has 0 heterocycles. The summed E-state index contributed by atoms with van der Waals surface area (Å²) < 4.78 is 68.4. The maximum absolute atomic E-state index is 13.1. The van der Waals surface area contributed by atoms with Gasteiger partial charge in [-0.3, -0.25) is 37.3 Å². The zero-order chi connectivity index (χ0) is 70.4. The van der Waals surface area contributed by atoms with Crippen LogP contribution >= 0.6 is 15.6 Å². The summed E-state index contributed by atoms with van der Waals surface area (Å²) in [5, 5.41) is 10.6. The van der Waals surface area contributed by atoms with Crippen LogP contribution in [0.4, 0.5) is 0 Å². The number of hydrogen-bond acceptors (Lipinski definition) is 15. The highest BCUT2D eigenvalue weighted by Crippen LogP contribution is 2.45. The van der Waals surface area contributed by atoms with Crippen molar-refractivity contribution >= 4 is 39.5 Å². The number of ether oxygens (including phenoxy) is 4. The summed E-state index contributed by atoms with van der Waals surface area (Å²) in [5.74, 6) is -2.18. The van der Waals surface area contributed by atoms with Gasteiger partial charge in [0.2, 0.25) is 0 Å². The van der Waals surface area contributed by atoms with Gasteiger partial charge in [-0.05, 0) is 109 Å². The Balaban J connectivity index is 5.29. The normalized spacial score (nSPS) is 14.3. The predicted molar refractivity (Wildman–Crippen MR) is 390 cm³/mol. The fourth-order valence-corrected chi connectivity index (χ4v) is 12.1. The molecule has 0 spiro atoms. The Kier molecular flexibility index (Phi) is 67.8. The lowest BCUT2D eigenvalue weighted by Gasteiger charge is -2.21. The van der Waals surface area contributed by atoms with Crippen LogP contribution in [0.3, 0.4) is 0 Å². The third-order valence-corrected chi connectivity index (χ3v) is 18.4. The minimum Gasteiger partial charge on any atom is -0.462 e. The van der Waals surface area contributed by atoms with E-state index in [0.29, 0.717) is 25.7 Å². The number of carbonyl (C=O) groups excluding carboxylic acids is 4. The summed E-state index contributed by atoms with van der Waals surface area (Å²) in [7, 11) is -9.93. The van der Waals surface area contributed by atoms with Crippen LogP contribution in [0.2, 0.25) is 0 Å². The SMILES string of the molecule is CCCC/C=C\CCCCCCCC(=O)OC(COC(=O)CCCCCCC/C=C\CCCCCC)COP(=O)(O)OCC(O)COP(=O)(O)OCC(COC(=O)CCCCCCCC/C=C\C/C=C\C/C=C\CCCCC)OC(=O)CCCCCCCCCCCCCCC. The average Bonchev–Trinajstić information content (AvgIpc) is 2.05. The Morgan fingerprint density at radius 2 is 0.521 bits per heavy atom. The number of carbonyl (C=O) groups is 4. The molecule has 96 heavy (non-hydrogen) atoms. The lowest BCUT2D eigenvalue weighted by Crippen LogP contribution is -2.30. The first kappa shape index (κ1) is 92.8. The molecule has 5 atom stereocenters. The third kappa shape index (κ3) is 69.2. The molecule has 0 aromatic rings. The topological polar surface area (TPSA) is 237 Å². The molecular weight excluding hydrogens is 1260 g/mol. The standard InChI is InChI=1S/C77H140O17P2/c1-5-9-13-17-21-25-29-32-33-34-35-36-37-40-43-46-50-54-58-62-75(80)88-68-73(94-77(82)64-60-56-52-48-44-39-31-27-23-19-15-11-7-3)70-92-96(85,86)90-66-71(78)65-89-95(83,84)91-69-72(93-76(81)63-59-55-51-47-41-28-24-20-16-12-8-4)67-87-74(79)61-57-53-49-45-42-38-30-26-22-18-14-10-6-2/h20-21,24-26,30,32-33,35-36,71-73,78H,5-19,22-23,27-29,31,34,37-70H2,1-4H3,(H,83,84)(H,85,86)/b24-20-,25-21-,30-26-,33-32-,36-35-. The molecule has 0 aliphatic heterocycles. The zero-order valence-corrected chi connectivity index (χ0v) is 62.8. The minimum atomic E-state index is -4.97. The monoisotopic (exact) mass is 1400 g/mol. The van der Waals surface area contributed by atoms with E-state index < -0.39 is 97.5 Å². The van der Waals surface area contributed by atoms with Crippen molar-refractivity contribution in [1.82, 2.24) is 0 Å². The summed E-state index contributed by atoms with van der Waals surface area (Å²) in [6.45, 7) is 4.80. The molecule has 5 unspecified atom stereocenters. The zero-order valence-electron chi connectivity index (χ0n) is 61.1. The Hall–Kier alpha value is -3.24. The van der Waals surface area contributed by atoms with Gasteiger partial charge in [-0.15, -0.1) is 0 Å². The first-order valence-corrected chi connectivity index (χ1v) is 41.5. The second kappa shape index (κ2) is 70.2. The summed E-state index contributed by atoms with van der Waals surface area (Å²) in [6.07, 6.45) is 67.8. The van der Waals surface area contributed by atoms with Crippen LogP contribution in [0.15, 0.2) is 60.8 Å². The molecule has 0 amide bonds. The fraction of sp³-hybridized carbons (Fsp3) is 0.818. The first-order valence-electron chi connectivity index (χ1n) is 38.5. The largest absolute Gasteiger partial charge is 0.472 e. The molecule has 0 aliphatic rings. The molecule has 560 valence electrons. The lowest BCUT2D eigenvalue weighted by atomic mass is 10.0. The van der Waals surface area contributed by atoms with E-state index in [2.05, 4.69) is 88.5 Å². The number of esters is 4. The van der Waals surface area contributed by atoms with E-state index in [9.17, 15) is 43.2 Å². The third-order valence-electron chi connectivity index (χ3n) is 16.5. The highest BCUT2D eigenvalue weighted by molar-refractivity contribution is 7.47. The molecular formula is C77H140O17P2. The Morgan fingerprint density at radius 1 is 0.292 bits per heavy atom. The average molecular weight is 1400 g/mol. The Bertz CT molecular complexity index is 2060. The van der Waals surface area contributed by atoms with Crippen LogP contribution in [0.1, 0.15) is 349 Å². The number of rotatable bonds is 73. The van der Waals surface area contributed by atoms with Crippen molar-refractivity contribution in [3.05, 3.63) is 60.8 Å². The van der Waals surface area contributed by atoms with Crippen molar-refractivity contribution in [1.29, 1.82) is 0 Å². The van der Waals surface area contributed by atoms with Gasteiger partial charge in [-0.1, -0.05) is 275 Å². The van der Waals surface area contributed by atoms with E-state index in [1.165, 1.54) is 109 Å². The van der Waals surface area contributed by atoms with Crippen molar-refractivity contribution < 1.29 is 80.2 Å². The molecule has 0 aromatic heterocycles. The molecule has 0 aromatic carbocycles. The molecule has 3 N–H and O–H groups in total. The maximum Gasteiger partial charge on any atom is 0.472 e. The smallest absolute Gasteiger partial charge is 0.462 e. The van der Waals surface area contributed by atoms with Crippen LogP contribution in [0, 0.1) is 0 Å². The van der Waals surface area contributed by atoms with Crippen molar-refractivity contribution in [2.24, 2.45) is 0 Å². The van der Waals surface area contributed by atoms with Crippen LogP contribution in [-0.4, -0.2) is 96.7 Å². The van der Waals surface area contributed by atoms with E-state index in [1.807, 2.05) is 0 Å². The van der Waals surface area contributed by atoms with E-state index >= 15 is 0 Å². The summed E-state index contributed by atoms with van der Waals surface area (Å²) in [4.78, 5) is 72.8. The summed E-state index contributed by atoms with van der Waals surface area (Å²) in [6, 6.07) is 0. The van der Waals surface area contributed by atoms with Gasteiger partial charge in [0.1, 0.15) is 19.3 Å². The first-order chi connectivity index (χ1) is 46.7. The molecule has 0 rings (SSSR count). The van der Waals surface area contributed by atoms with Crippen LogP contribution in [-0.2, 0) is 65.4 Å². The Morgan fingerprint density at radius 3 is 0.854 bits per heavy atom. The van der Waals surface area contributed by atoms with Gasteiger partial charge < -0.3 is 33.8 Å². The quantitative estimate of drug-likeness (QED) is 0.0169. The fourth-order valence-electron chi connectivity index (χ4n) is 10.5. The van der Waals surface area contributed by atoms with Gasteiger partial charge in [0, 0.05) is 25.7 Å². The van der Waals surface area contributed by atoms with E-state index in [-0.39, 0.29) is 25.7 Å². The van der Waals surface area contributed by atoms with Crippen molar-refractivity contribution in [2.75, 3.05) is 39.6 Å². The number of phosphoric ester groups is 2. The number of aliphatic hydroxyl groups is 1. The van der Waals surface area contributed by atoms with E-state index in [4.69, 9.17) is 37.0 Å². The highest BCUT2D eigenvalue weighted by Gasteiger charge is 2.30. The van der Waals surface area contributed by atoms with Gasteiger partial charge in [0.15, 0.2) is 12.2 Å².